The topological polar surface area (TPSA) is 20.3 Å². The monoisotopic (exact) mass is 301 g/mol. The molecule has 1 amide bonds. The first kappa shape index (κ1) is 14.0. The van der Waals surface area contributed by atoms with Crippen molar-refractivity contribution in [3.63, 3.8) is 0 Å². The average molecular weight is 301 g/mol. The van der Waals surface area contributed by atoms with Crippen LogP contribution in [0.4, 0.5) is 5.69 Å². The molecule has 0 spiro atoms. The summed E-state index contributed by atoms with van der Waals surface area (Å²) in [7, 11) is 0. The van der Waals surface area contributed by atoms with E-state index in [-0.39, 0.29) is 11.8 Å². The van der Waals surface area contributed by atoms with Crippen LogP contribution in [0, 0.1) is 0 Å². The molecule has 0 aliphatic carbocycles. The average Bonchev–Trinajstić information content (AvgIpc) is 2.61. The van der Waals surface area contributed by atoms with E-state index in [4.69, 9.17) is 0 Å². The molecule has 1 atom stereocenters. The number of anilines is 1. The Morgan fingerprint density at radius 1 is 0.957 bits per heavy atom. The molecule has 0 bridgehead atoms. The highest BCUT2D eigenvalue weighted by molar-refractivity contribution is 6.03. The lowest BCUT2D eigenvalue weighted by molar-refractivity contribution is -0.119. The lowest BCUT2D eigenvalue weighted by atomic mass is 9.81. The van der Waals surface area contributed by atoms with E-state index < -0.39 is 0 Å². The van der Waals surface area contributed by atoms with Gasteiger partial charge in [-0.05, 0) is 34.9 Å². The van der Waals surface area contributed by atoms with Crippen LogP contribution in [0.5, 0.6) is 0 Å². The first-order chi connectivity index (χ1) is 11.3. The van der Waals surface area contributed by atoms with Gasteiger partial charge in [-0.1, -0.05) is 60.7 Å². The van der Waals surface area contributed by atoms with Crippen molar-refractivity contribution in [3.8, 4) is 0 Å². The van der Waals surface area contributed by atoms with Crippen molar-refractivity contribution in [2.24, 2.45) is 0 Å². The smallest absolute Gasteiger partial charge is 0.227 e. The molecule has 2 nitrogen and oxygen atoms in total. The van der Waals surface area contributed by atoms with Gasteiger partial charge in [-0.25, -0.2) is 0 Å². The summed E-state index contributed by atoms with van der Waals surface area (Å²) in [5.74, 6) is 0.344. The number of amides is 1. The zero-order chi connectivity index (χ0) is 15.8. The van der Waals surface area contributed by atoms with Gasteiger partial charge in [0.1, 0.15) is 0 Å². The highest BCUT2D eigenvalue weighted by Crippen LogP contribution is 2.43. The van der Waals surface area contributed by atoms with Gasteiger partial charge < -0.3 is 4.90 Å². The standard InChI is InChI=1S/C21H19NO/c1-2-22-19-13-12-16-10-6-7-11-17(16)21(19)18(14-20(22)23)15-8-4-3-5-9-15/h3-13,18H,2,14H2,1H3. The number of carbonyl (C=O) groups excluding carboxylic acids is 1. The quantitative estimate of drug-likeness (QED) is 0.670. The Bertz CT molecular complexity index is 869. The maximum Gasteiger partial charge on any atom is 0.227 e. The highest BCUT2D eigenvalue weighted by Gasteiger charge is 2.32. The van der Waals surface area contributed by atoms with Gasteiger partial charge in [-0.3, -0.25) is 4.79 Å². The number of hydrogen-bond donors (Lipinski definition) is 0. The third-order valence-corrected chi connectivity index (χ3v) is 4.78. The molecule has 3 aromatic rings. The maximum absolute atomic E-state index is 12.6. The van der Waals surface area contributed by atoms with Crippen molar-refractivity contribution in [3.05, 3.63) is 77.9 Å². The van der Waals surface area contributed by atoms with Crippen LogP contribution < -0.4 is 4.90 Å². The molecule has 0 radical (unpaired) electrons. The van der Waals surface area contributed by atoms with Gasteiger partial charge in [0.2, 0.25) is 5.91 Å². The molecule has 4 rings (SSSR count). The first-order valence-corrected chi connectivity index (χ1v) is 8.16. The van der Waals surface area contributed by atoms with E-state index in [1.54, 1.807) is 0 Å². The molecule has 1 aliphatic heterocycles. The molecular formula is C21H19NO. The van der Waals surface area contributed by atoms with E-state index >= 15 is 0 Å². The zero-order valence-corrected chi connectivity index (χ0v) is 13.2. The third-order valence-electron chi connectivity index (χ3n) is 4.78. The van der Waals surface area contributed by atoms with Crippen molar-refractivity contribution in [1.82, 2.24) is 0 Å². The van der Waals surface area contributed by atoms with E-state index in [9.17, 15) is 4.79 Å². The Balaban J connectivity index is 2.02. The molecule has 2 heteroatoms. The lowest BCUT2D eigenvalue weighted by Crippen LogP contribution is -2.36. The molecule has 1 heterocycles. The van der Waals surface area contributed by atoms with Crippen LogP contribution >= 0.6 is 0 Å². The van der Waals surface area contributed by atoms with E-state index in [1.165, 1.54) is 21.9 Å². The van der Waals surface area contributed by atoms with Gasteiger partial charge in [0.05, 0.1) is 0 Å². The Morgan fingerprint density at radius 3 is 2.48 bits per heavy atom. The van der Waals surface area contributed by atoms with Crippen molar-refractivity contribution in [2.75, 3.05) is 11.4 Å². The second-order valence-electron chi connectivity index (χ2n) is 6.02. The van der Waals surface area contributed by atoms with Gasteiger partial charge in [0.25, 0.3) is 0 Å². The largest absolute Gasteiger partial charge is 0.312 e. The Labute approximate surface area is 136 Å². The first-order valence-electron chi connectivity index (χ1n) is 8.16. The molecule has 1 unspecified atom stereocenters. The molecule has 1 aliphatic rings. The fourth-order valence-electron chi connectivity index (χ4n) is 3.72. The third kappa shape index (κ3) is 2.22. The summed E-state index contributed by atoms with van der Waals surface area (Å²) in [5.41, 5.74) is 3.57. The summed E-state index contributed by atoms with van der Waals surface area (Å²) in [6.07, 6.45) is 0.541. The number of rotatable bonds is 2. The van der Waals surface area contributed by atoms with E-state index in [0.29, 0.717) is 13.0 Å². The summed E-state index contributed by atoms with van der Waals surface area (Å²) in [6.45, 7) is 2.76. The number of carbonyl (C=O) groups is 1. The molecule has 114 valence electrons. The van der Waals surface area contributed by atoms with Crippen LogP contribution in [0.25, 0.3) is 10.8 Å². The molecular weight excluding hydrogens is 282 g/mol. The van der Waals surface area contributed by atoms with Crippen molar-refractivity contribution in [2.45, 2.75) is 19.3 Å². The summed E-state index contributed by atoms with van der Waals surface area (Å²) >= 11 is 0. The molecule has 3 aromatic carbocycles. The molecule has 0 saturated heterocycles. The normalized spacial score (nSPS) is 17.3. The second-order valence-corrected chi connectivity index (χ2v) is 6.02. The minimum Gasteiger partial charge on any atom is -0.312 e. The van der Waals surface area contributed by atoms with Crippen LogP contribution in [0.15, 0.2) is 66.7 Å². The number of fused-ring (bicyclic) bond motifs is 3. The minimum absolute atomic E-state index is 0.132. The summed E-state index contributed by atoms with van der Waals surface area (Å²) < 4.78 is 0. The fourth-order valence-corrected chi connectivity index (χ4v) is 3.72. The molecule has 0 N–H and O–H groups in total. The Kier molecular flexibility index (Phi) is 3.38. The van der Waals surface area contributed by atoms with Crippen molar-refractivity contribution < 1.29 is 4.79 Å². The van der Waals surface area contributed by atoms with Crippen LogP contribution in [0.1, 0.15) is 30.4 Å². The Morgan fingerprint density at radius 2 is 1.70 bits per heavy atom. The van der Waals surface area contributed by atoms with Gasteiger partial charge >= 0.3 is 0 Å². The SMILES string of the molecule is CCN1C(=O)CC(c2ccccc2)c2c1ccc1ccccc21. The van der Waals surface area contributed by atoms with Crippen LogP contribution in [0.2, 0.25) is 0 Å². The van der Waals surface area contributed by atoms with Gasteiger partial charge in [0, 0.05) is 24.6 Å². The minimum atomic E-state index is 0.132. The molecule has 0 aromatic heterocycles. The summed E-state index contributed by atoms with van der Waals surface area (Å²) in [6, 6.07) is 23.1. The van der Waals surface area contributed by atoms with Crippen LogP contribution in [-0.2, 0) is 4.79 Å². The van der Waals surface area contributed by atoms with Crippen LogP contribution in [0.3, 0.4) is 0 Å². The number of nitrogens with zero attached hydrogens (tertiary/aromatic N) is 1. The lowest BCUT2D eigenvalue weighted by Gasteiger charge is -2.34. The van der Waals surface area contributed by atoms with Gasteiger partial charge in [-0.15, -0.1) is 0 Å². The number of hydrogen-bond acceptors (Lipinski definition) is 1. The molecule has 0 saturated carbocycles. The predicted molar refractivity (Wildman–Crippen MR) is 94.9 cm³/mol. The summed E-state index contributed by atoms with van der Waals surface area (Å²) in [4.78, 5) is 14.6. The van der Waals surface area contributed by atoms with E-state index in [0.717, 1.165) is 5.69 Å². The predicted octanol–water partition coefficient (Wildman–Crippen LogP) is 4.73. The number of benzene rings is 3. The summed E-state index contributed by atoms with van der Waals surface area (Å²) in [5, 5.41) is 2.49. The van der Waals surface area contributed by atoms with Gasteiger partial charge in [0.15, 0.2) is 0 Å². The molecule has 0 fully saturated rings. The maximum atomic E-state index is 12.6. The van der Waals surface area contributed by atoms with Crippen molar-refractivity contribution >= 4 is 22.4 Å². The van der Waals surface area contributed by atoms with Crippen LogP contribution in [-0.4, -0.2) is 12.5 Å². The van der Waals surface area contributed by atoms with E-state index in [2.05, 4.69) is 60.7 Å². The molecule has 23 heavy (non-hydrogen) atoms. The fraction of sp³-hybridized carbons (Fsp3) is 0.190. The second kappa shape index (κ2) is 5.54. The highest BCUT2D eigenvalue weighted by atomic mass is 16.2. The van der Waals surface area contributed by atoms with Gasteiger partial charge in [-0.2, -0.15) is 0 Å². The van der Waals surface area contributed by atoms with Crippen molar-refractivity contribution in [1.29, 1.82) is 0 Å². The zero-order valence-electron chi connectivity index (χ0n) is 13.2. The van der Waals surface area contributed by atoms with E-state index in [1.807, 2.05) is 17.9 Å². The Hall–Kier alpha value is -2.61.